The third-order valence-electron chi connectivity index (χ3n) is 2.77. The predicted molar refractivity (Wildman–Crippen MR) is 90.9 cm³/mol. The number of sulfonamides is 2. The predicted octanol–water partition coefficient (Wildman–Crippen LogP) is 1.70. The van der Waals surface area contributed by atoms with Crippen LogP contribution in [0.2, 0.25) is 0 Å². The zero-order valence-corrected chi connectivity index (χ0v) is 15.3. The summed E-state index contributed by atoms with van der Waals surface area (Å²) in [7, 11) is -7.97. The molecule has 1 aromatic heterocycles. The summed E-state index contributed by atoms with van der Waals surface area (Å²) in [4.78, 5) is 3.24. The zero-order valence-electron chi connectivity index (χ0n) is 12.1. The lowest BCUT2D eigenvalue weighted by Crippen LogP contribution is -2.31. The van der Waals surface area contributed by atoms with Crippen molar-refractivity contribution in [2.75, 3.05) is 17.0 Å². The average molecular weight is 438 g/mol. The van der Waals surface area contributed by atoms with Gasteiger partial charge in [-0.05, 0) is 30.3 Å². The molecule has 0 bridgehead atoms. The SMILES string of the molecule is O=S(=O)(CCNS(=O)(=O)c1cc(Br)ccc1F)Nc1ccccn1. The maximum Gasteiger partial charge on any atom is 0.243 e. The Bertz CT molecular complexity index is 921. The molecule has 0 atom stereocenters. The Kier molecular flexibility index (Phi) is 5.91. The molecule has 0 saturated heterocycles. The second-order valence-electron chi connectivity index (χ2n) is 4.61. The van der Waals surface area contributed by atoms with E-state index in [-0.39, 0.29) is 5.82 Å². The van der Waals surface area contributed by atoms with Crippen LogP contribution < -0.4 is 9.44 Å². The summed E-state index contributed by atoms with van der Waals surface area (Å²) in [5.41, 5.74) is 0. The molecule has 1 aromatic carbocycles. The number of hydrogen-bond acceptors (Lipinski definition) is 5. The van der Waals surface area contributed by atoms with Gasteiger partial charge < -0.3 is 0 Å². The number of nitrogens with one attached hydrogen (secondary N) is 2. The molecule has 7 nitrogen and oxygen atoms in total. The van der Waals surface area contributed by atoms with Gasteiger partial charge in [-0.2, -0.15) is 0 Å². The van der Waals surface area contributed by atoms with E-state index >= 15 is 0 Å². The number of anilines is 1. The first-order valence-corrected chi connectivity index (χ1v) is 10.5. The molecule has 0 aliphatic heterocycles. The van der Waals surface area contributed by atoms with Crippen LogP contribution in [0.25, 0.3) is 0 Å². The molecule has 0 aliphatic rings. The molecule has 0 unspecified atom stereocenters. The van der Waals surface area contributed by atoms with Gasteiger partial charge >= 0.3 is 0 Å². The minimum Gasteiger partial charge on any atom is -0.267 e. The zero-order chi connectivity index (χ0) is 17.8. The van der Waals surface area contributed by atoms with Gasteiger partial charge in [0.15, 0.2) is 0 Å². The van der Waals surface area contributed by atoms with E-state index in [4.69, 9.17) is 0 Å². The van der Waals surface area contributed by atoms with Crippen LogP contribution >= 0.6 is 15.9 Å². The van der Waals surface area contributed by atoms with Crippen LogP contribution in [0.5, 0.6) is 0 Å². The van der Waals surface area contributed by atoms with Gasteiger partial charge in [-0.3, -0.25) is 4.72 Å². The molecule has 0 radical (unpaired) electrons. The number of nitrogens with zero attached hydrogens (tertiary/aromatic N) is 1. The highest BCUT2D eigenvalue weighted by molar-refractivity contribution is 9.10. The van der Waals surface area contributed by atoms with Gasteiger partial charge in [0.25, 0.3) is 0 Å². The van der Waals surface area contributed by atoms with Gasteiger partial charge in [-0.15, -0.1) is 0 Å². The standard InChI is InChI=1S/C13H13BrFN3O4S2/c14-10-4-5-11(15)12(9-10)24(21,22)17-7-8-23(19,20)18-13-3-1-2-6-16-13/h1-6,9,17H,7-8H2,(H,16,18). The topological polar surface area (TPSA) is 105 Å². The fourth-order valence-electron chi connectivity index (χ4n) is 1.70. The van der Waals surface area contributed by atoms with Gasteiger partial charge in [0.2, 0.25) is 20.0 Å². The Morgan fingerprint density at radius 2 is 1.88 bits per heavy atom. The van der Waals surface area contributed by atoms with Gasteiger partial charge in [0, 0.05) is 17.2 Å². The van der Waals surface area contributed by atoms with E-state index in [0.717, 1.165) is 12.1 Å². The maximum absolute atomic E-state index is 13.6. The van der Waals surface area contributed by atoms with E-state index in [9.17, 15) is 21.2 Å². The lowest BCUT2D eigenvalue weighted by atomic mass is 10.3. The number of rotatable bonds is 7. The first-order valence-electron chi connectivity index (χ1n) is 6.56. The van der Waals surface area contributed by atoms with Crippen molar-refractivity contribution in [3.8, 4) is 0 Å². The Morgan fingerprint density at radius 1 is 1.12 bits per heavy atom. The molecular formula is C13H13BrFN3O4S2. The van der Waals surface area contributed by atoms with Crippen LogP contribution in [-0.4, -0.2) is 34.1 Å². The van der Waals surface area contributed by atoms with E-state index in [1.807, 2.05) is 0 Å². The summed E-state index contributed by atoms with van der Waals surface area (Å²) in [6, 6.07) is 8.13. The second kappa shape index (κ2) is 7.55. The fourth-order valence-corrected chi connectivity index (χ4v) is 4.39. The van der Waals surface area contributed by atoms with Crippen LogP contribution in [0.3, 0.4) is 0 Å². The molecule has 2 N–H and O–H groups in total. The van der Waals surface area contributed by atoms with E-state index in [1.165, 1.54) is 18.3 Å². The molecule has 2 rings (SSSR count). The largest absolute Gasteiger partial charge is 0.267 e. The van der Waals surface area contributed by atoms with E-state index in [0.29, 0.717) is 4.47 Å². The summed E-state index contributed by atoms with van der Waals surface area (Å²) in [5, 5.41) is 0. The molecule has 0 spiro atoms. The molecule has 0 fully saturated rings. The lowest BCUT2D eigenvalue weighted by Gasteiger charge is -2.09. The third-order valence-corrected chi connectivity index (χ3v) is 6.00. The lowest BCUT2D eigenvalue weighted by molar-refractivity contribution is 0.558. The molecule has 11 heteroatoms. The number of halogens is 2. The van der Waals surface area contributed by atoms with E-state index in [1.54, 1.807) is 12.1 Å². The van der Waals surface area contributed by atoms with Crippen molar-refractivity contribution in [2.45, 2.75) is 4.90 Å². The molecule has 0 amide bonds. The van der Waals surface area contributed by atoms with Crippen molar-refractivity contribution in [3.05, 3.63) is 52.9 Å². The van der Waals surface area contributed by atoms with Crippen LogP contribution in [0, 0.1) is 5.82 Å². The smallest absolute Gasteiger partial charge is 0.243 e. The summed E-state index contributed by atoms with van der Waals surface area (Å²) in [6.45, 7) is -0.420. The van der Waals surface area contributed by atoms with Gasteiger partial charge in [0.05, 0.1) is 5.75 Å². The van der Waals surface area contributed by atoms with Crippen molar-refractivity contribution >= 4 is 41.8 Å². The van der Waals surface area contributed by atoms with E-state index in [2.05, 4.69) is 30.4 Å². The highest BCUT2D eigenvalue weighted by atomic mass is 79.9. The summed E-state index contributed by atoms with van der Waals surface area (Å²) in [5.74, 6) is -1.34. The van der Waals surface area contributed by atoms with Crippen LogP contribution in [0.1, 0.15) is 0 Å². The third kappa shape index (κ3) is 5.23. The van der Waals surface area contributed by atoms with Gasteiger partial charge in [-0.1, -0.05) is 22.0 Å². The minimum atomic E-state index is -4.17. The van der Waals surface area contributed by atoms with Gasteiger partial charge in [-0.25, -0.2) is 30.9 Å². The number of pyridine rings is 1. The molecular weight excluding hydrogens is 425 g/mol. The van der Waals surface area contributed by atoms with Crippen molar-refractivity contribution < 1.29 is 21.2 Å². The monoisotopic (exact) mass is 437 g/mol. The Morgan fingerprint density at radius 3 is 2.54 bits per heavy atom. The van der Waals surface area contributed by atoms with Crippen molar-refractivity contribution in [1.29, 1.82) is 0 Å². The molecule has 2 aromatic rings. The molecule has 0 aliphatic carbocycles. The quantitative estimate of drug-likeness (QED) is 0.685. The first-order chi connectivity index (χ1) is 11.2. The van der Waals surface area contributed by atoms with Crippen LogP contribution in [0.15, 0.2) is 52.0 Å². The molecule has 0 saturated carbocycles. The first kappa shape index (κ1) is 18.8. The fraction of sp³-hybridized carbons (Fsp3) is 0.154. The van der Waals surface area contributed by atoms with Gasteiger partial charge in [0.1, 0.15) is 16.5 Å². The summed E-state index contributed by atoms with van der Waals surface area (Å²) >= 11 is 3.05. The molecule has 24 heavy (non-hydrogen) atoms. The van der Waals surface area contributed by atoms with Crippen molar-refractivity contribution in [2.24, 2.45) is 0 Å². The highest BCUT2D eigenvalue weighted by Crippen LogP contribution is 2.19. The van der Waals surface area contributed by atoms with Crippen LogP contribution in [0.4, 0.5) is 10.2 Å². The second-order valence-corrected chi connectivity index (χ2v) is 9.10. The van der Waals surface area contributed by atoms with E-state index < -0.39 is 43.1 Å². The average Bonchev–Trinajstić information content (AvgIpc) is 2.49. The van der Waals surface area contributed by atoms with Crippen molar-refractivity contribution in [1.82, 2.24) is 9.71 Å². The summed E-state index contributed by atoms with van der Waals surface area (Å²) < 4.78 is 66.1. The minimum absolute atomic E-state index is 0.124. The number of hydrogen-bond donors (Lipinski definition) is 2. The maximum atomic E-state index is 13.6. The van der Waals surface area contributed by atoms with Crippen molar-refractivity contribution in [3.63, 3.8) is 0 Å². The van der Waals surface area contributed by atoms with Crippen LogP contribution in [-0.2, 0) is 20.0 Å². The highest BCUT2D eigenvalue weighted by Gasteiger charge is 2.20. The molecule has 1 heterocycles. The summed E-state index contributed by atoms with van der Waals surface area (Å²) in [6.07, 6.45) is 1.41. The molecule has 130 valence electrons. The number of aromatic nitrogens is 1. The number of benzene rings is 1. The normalized spacial score (nSPS) is 12.1. The Hall–Kier alpha value is -1.56. The Balaban J connectivity index is 2.01. The Labute approximate surface area is 147 Å².